The third-order valence-corrected chi connectivity index (χ3v) is 6.71. The molecule has 0 saturated carbocycles. The third kappa shape index (κ3) is 4.96. The summed E-state index contributed by atoms with van der Waals surface area (Å²) in [6.07, 6.45) is 0. The van der Waals surface area contributed by atoms with Crippen molar-refractivity contribution in [2.75, 3.05) is 19.0 Å². The van der Waals surface area contributed by atoms with E-state index in [9.17, 15) is 14.7 Å². The average molecular weight is 492 g/mol. The van der Waals surface area contributed by atoms with E-state index in [-0.39, 0.29) is 24.1 Å². The van der Waals surface area contributed by atoms with Gasteiger partial charge in [-0.1, -0.05) is 59.4 Å². The van der Waals surface area contributed by atoms with Gasteiger partial charge in [0.15, 0.2) is 16.5 Å². The minimum absolute atomic E-state index is 0.226. The standard InChI is InChI=1S/C26H29N5O3S/c1-16-11-13-18(14-12-16)23(33)28-25-27-22-21(35-25)20(29-31(22)26(2,3)4)24(34)30(5)19(15-32)17-9-7-6-8-10-17/h6-14,19,32H,15H2,1-5H3,(H,27,28,33)/t19-/m1/s1. The van der Waals surface area contributed by atoms with Crippen molar-refractivity contribution in [2.45, 2.75) is 39.3 Å². The summed E-state index contributed by atoms with van der Waals surface area (Å²) < 4.78 is 2.29. The molecule has 4 aromatic rings. The number of amides is 2. The normalized spacial score (nSPS) is 12.5. The minimum Gasteiger partial charge on any atom is -0.394 e. The molecule has 4 rings (SSSR count). The summed E-state index contributed by atoms with van der Waals surface area (Å²) in [7, 11) is 1.65. The van der Waals surface area contributed by atoms with E-state index in [2.05, 4.69) is 15.4 Å². The first-order valence-corrected chi connectivity index (χ1v) is 12.1. The number of aliphatic hydroxyl groups excluding tert-OH is 1. The number of likely N-dealkylation sites (N-methyl/N-ethyl adjacent to an activating group) is 1. The van der Waals surface area contributed by atoms with E-state index in [1.165, 1.54) is 16.2 Å². The van der Waals surface area contributed by atoms with Crippen molar-refractivity contribution in [3.05, 3.63) is 77.0 Å². The molecular weight excluding hydrogens is 462 g/mol. The number of aromatic nitrogens is 3. The molecule has 0 unspecified atom stereocenters. The Kier molecular flexibility index (Phi) is 6.73. The van der Waals surface area contributed by atoms with Gasteiger partial charge < -0.3 is 10.0 Å². The van der Waals surface area contributed by atoms with Crippen molar-refractivity contribution in [1.29, 1.82) is 0 Å². The van der Waals surface area contributed by atoms with Crippen LogP contribution in [0, 0.1) is 6.92 Å². The number of hydrogen-bond donors (Lipinski definition) is 2. The zero-order valence-corrected chi connectivity index (χ0v) is 21.3. The SMILES string of the molecule is Cc1ccc(C(=O)Nc2nc3c(s2)c(C(=O)N(C)[C@H](CO)c2ccccc2)nn3C(C)(C)C)cc1. The van der Waals surface area contributed by atoms with Crippen LogP contribution in [0.4, 0.5) is 5.13 Å². The molecule has 2 heterocycles. The number of fused-ring (bicyclic) bond motifs is 1. The highest BCUT2D eigenvalue weighted by Gasteiger charge is 2.31. The lowest BCUT2D eigenvalue weighted by Crippen LogP contribution is -2.34. The summed E-state index contributed by atoms with van der Waals surface area (Å²) in [5, 5.41) is 17.9. The first-order chi connectivity index (χ1) is 16.6. The van der Waals surface area contributed by atoms with Crippen LogP contribution in [0.2, 0.25) is 0 Å². The maximum absolute atomic E-state index is 13.6. The molecule has 182 valence electrons. The van der Waals surface area contributed by atoms with Crippen LogP contribution in [0.25, 0.3) is 10.3 Å². The predicted octanol–water partition coefficient (Wildman–Crippen LogP) is 4.61. The van der Waals surface area contributed by atoms with Crippen molar-refractivity contribution < 1.29 is 14.7 Å². The molecule has 9 heteroatoms. The molecule has 2 N–H and O–H groups in total. The van der Waals surface area contributed by atoms with Gasteiger partial charge in [0.1, 0.15) is 4.70 Å². The number of aryl methyl sites for hydroxylation is 1. The topological polar surface area (TPSA) is 100 Å². The molecular formula is C26H29N5O3S. The van der Waals surface area contributed by atoms with Crippen LogP contribution in [0.3, 0.4) is 0 Å². The zero-order valence-electron chi connectivity index (χ0n) is 20.4. The van der Waals surface area contributed by atoms with Gasteiger partial charge in [0, 0.05) is 12.6 Å². The molecule has 0 saturated heterocycles. The molecule has 0 spiro atoms. The van der Waals surface area contributed by atoms with Crippen LogP contribution in [0.15, 0.2) is 54.6 Å². The largest absolute Gasteiger partial charge is 0.394 e. The quantitative estimate of drug-likeness (QED) is 0.410. The Morgan fingerprint density at radius 1 is 1.11 bits per heavy atom. The highest BCUT2D eigenvalue weighted by Crippen LogP contribution is 2.34. The highest BCUT2D eigenvalue weighted by molar-refractivity contribution is 7.22. The summed E-state index contributed by atoms with van der Waals surface area (Å²) in [6, 6.07) is 16.1. The molecule has 2 aromatic heterocycles. The Labute approximate surface area is 208 Å². The van der Waals surface area contributed by atoms with Gasteiger partial charge in [0.25, 0.3) is 11.8 Å². The number of carbonyl (C=O) groups is 2. The Bertz CT molecular complexity index is 1350. The lowest BCUT2D eigenvalue weighted by atomic mass is 10.1. The number of anilines is 1. The number of carbonyl (C=O) groups excluding carboxylic acids is 2. The molecule has 0 aliphatic carbocycles. The maximum Gasteiger partial charge on any atom is 0.276 e. The van der Waals surface area contributed by atoms with E-state index in [1.54, 1.807) is 23.9 Å². The van der Waals surface area contributed by atoms with Crippen LogP contribution in [-0.4, -0.2) is 50.2 Å². The molecule has 8 nitrogen and oxygen atoms in total. The van der Waals surface area contributed by atoms with E-state index < -0.39 is 11.6 Å². The van der Waals surface area contributed by atoms with Gasteiger partial charge in [-0.05, 0) is 45.4 Å². The van der Waals surface area contributed by atoms with E-state index in [4.69, 9.17) is 0 Å². The third-order valence-electron chi connectivity index (χ3n) is 5.74. The summed E-state index contributed by atoms with van der Waals surface area (Å²) >= 11 is 1.21. The van der Waals surface area contributed by atoms with Gasteiger partial charge in [-0.15, -0.1) is 0 Å². The van der Waals surface area contributed by atoms with Crippen LogP contribution >= 0.6 is 11.3 Å². The molecule has 35 heavy (non-hydrogen) atoms. The fourth-order valence-electron chi connectivity index (χ4n) is 3.77. The number of rotatable bonds is 6. The van der Waals surface area contributed by atoms with Crippen LogP contribution in [0.5, 0.6) is 0 Å². The van der Waals surface area contributed by atoms with Crippen LogP contribution in [0.1, 0.15) is 58.8 Å². The van der Waals surface area contributed by atoms with Gasteiger partial charge in [-0.2, -0.15) is 10.1 Å². The van der Waals surface area contributed by atoms with E-state index >= 15 is 0 Å². The zero-order chi connectivity index (χ0) is 25.3. The van der Waals surface area contributed by atoms with Gasteiger partial charge in [0.05, 0.1) is 18.2 Å². The lowest BCUT2D eigenvalue weighted by Gasteiger charge is -2.26. The number of benzene rings is 2. The Balaban J connectivity index is 1.71. The molecule has 1 atom stereocenters. The second-order valence-electron chi connectivity index (χ2n) is 9.45. The van der Waals surface area contributed by atoms with E-state index in [0.717, 1.165) is 11.1 Å². The first-order valence-electron chi connectivity index (χ1n) is 11.3. The second kappa shape index (κ2) is 9.59. The van der Waals surface area contributed by atoms with Crippen molar-refractivity contribution in [3.63, 3.8) is 0 Å². The molecule has 0 bridgehead atoms. The number of nitrogens with one attached hydrogen (secondary N) is 1. The summed E-state index contributed by atoms with van der Waals surface area (Å²) in [5.41, 5.74) is 2.73. The highest BCUT2D eigenvalue weighted by atomic mass is 32.1. The Hall–Kier alpha value is -3.56. The van der Waals surface area contributed by atoms with Crippen molar-refractivity contribution >= 4 is 38.6 Å². The molecule has 2 aromatic carbocycles. The van der Waals surface area contributed by atoms with Gasteiger partial charge >= 0.3 is 0 Å². The van der Waals surface area contributed by atoms with Crippen LogP contribution in [-0.2, 0) is 5.54 Å². The van der Waals surface area contributed by atoms with E-state index in [0.29, 0.717) is 21.0 Å². The van der Waals surface area contributed by atoms with Gasteiger partial charge in [-0.25, -0.2) is 4.68 Å². The summed E-state index contributed by atoms with van der Waals surface area (Å²) in [4.78, 5) is 32.4. The molecule has 0 fully saturated rings. The number of aliphatic hydroxyl groups is 1. The smallest absolute Gasteiger partial charge is 0.276 e. The lowest BCUT2D eigenvalue weighted by molar-refractivity contribution is 0.0653. The first kappa shape index (κ1) is 24.6. The summed E-state index contributed by atoms with van der Waals surface area (Å²) in [5.74, 6) is -0.605. The Morgan fingerprint density at radius 2 is 1.77 bits per heavy atom. The summed E-state index contributed by atoms with van der Waals surface area (Å²) in [6.45, 7) is 7.66. The number of thiazole rings is 1. The monoisotopic (exact) mass is 491 g/mol. The fourth-order valence-corrected chi connectivity index (χ4v) is 4.69. The molecule has 2 amide bonds. The number of hydrogen-bond acceptors (Lipinski definition) is 6. The maximum atomic E-state index is 13.6. The molecule has 0 aliphatic rings. The van der Waals surface area contributed by atoms with Crippen LogP contribution < -0.4 is 5.32 Å². The Morgan fingerprint density at radius 3 is 2.37 bits per heavy atom. The fraction of sp³-hybridized carbons (Fsp3) is 0.308. The van der Waals surface area contributed by atoms with Crippen molar-refractivity contribution in [1.82, 2.24) is 19.7 Å². The van der Waals surface area contributed by atoms with Gasteiger partial charge in [-0.3, -0.25) is 14.9 Å². The molecule has 0 radical (unpaired) electrons. The predicted molar refractivity (Wildman–Crippen MR) is 138 cm³/mol. The second-order valence-corrected chi connectivity index (χ2v) is 10.4. The average Bonchev–Trinajstić information content (AvgIpc) is 3.38. The minimum atomic E-state index is -0.521. The van der Waals surface area contributed by atoms with Crippen molar-refractivity contribution in [2.24, 2.45) is 0 Å². The molecule has 0 aliphatic heterocycles. The number of nitrogens with zero attached hydrogens (tertiary/aromatic N) is 4. The van der Waals surface area contributed by atoms with Gasteiger partial charge in [0.2, 0.25) is 0 Å². The van der Waals surface area contributed by atoms with E-state index in [1.807, 2.05) is 70.2 Å². The van der Waals surface area contributed by atoms with Crippen molar-refractivity contribution in [3.8, 4) is 0 Å².